The Balaban J connectivity index is 0.000000112. The van der Waals surface area contributed by atoms with E-state index in [1.165, 1.54) is 182 Å². The Hall–Kier alpha value is -19.1. The van der Waals surface area contributed by atoms with E-state index in [2.05, 4.69) is 627 Å². The van der Waals surface area contributed by atoms with E-state index in [9.17, 15) is 0 Å². The van der Waals surface area contributed by atoms with Gasteiger partial charge in [-0.05, 0) is 263 Å². The maximum absolute atomic E-state index is 2.43. The van der Waals surface area contributed by atoms with Gasteiger partial charge in [-0.3, -0.25) is 0 Å². The number of fused-ring (bicyclic) bond motifs is 14. The van der Waals surface area contributed by atoms with E-state index < -0.39 is 16.2 Å². The summed E-state index contributed by atoms with van der Waals surface area (Å²) in [5.41, 5.74) is 39.2. The van der Waals surface area contributed by atoms with E-state index in [1.807, 2.05) is 0 Å². The lowest BCUT2D eigenvalue weighted by atomic mass is 9.68. The Morgan fingerprint density at radius 2 is 0.372 bits per heavy atom. The molecule has 0 radical (unpaired) electrons. The average molecular weight is 1890 g/mol. The largest absolute Gasteiger partial charge is 0.310 e. The molecule has 0 aliphatic heterocycles. The number of nitrogens with zero attached hydrogens (tertiary/aromatic N) is 3. The van der Waals surface area contributed by atoms with Crippen LogP contribution in [0, 0.1) is 0 Å². The van der Waals surface area contributed by atoms with Crippen molar-refractivity contribution in [1.29, 1.82) is 0 Å². The van der Waals surface area contributed by atoms with Gasteiger partial charge >= 0.3 is 0 Å². The van der Waals surface area contributed by atoms with Crippen molar-refractivity contribution in [2.24, 2.45) is 0 Å². The lowest BCUT2D eigenvalue weighted by molar-refractivity contribution is 0.768. The van der Waals surface area contributed by atoms with Crippen LogP contribution < -0.4 is 14.7 Å². The Kier molecular flexibility index (Phi) is 23.1. The van der Waals surface area contributed by atoms with Crippen LogP contribution in [0.4, 0.5) is 51.2 Å². The van der Waals surface area contributed by atoms with E-state index >= 15 is 0 Å². The van der Waals surface area contributed by atoms with Gasteiger partial charge in [0.1, 0.15) is 0 Å². The van der Waals surface area contributed by atoms with Crippen molar-refractivity contribution in [3.05, 3.63) is 679 Å². The Morgan fingerprint density at radius 3 is 0.750 bits per heavy atom. The fraction of sp³-hybridized carbons (Fsp3) is 0.0207. The van der Waals surface area contributed by atoms with Gasteiger partial charge in [0, 0.05) is 50.8 Å². The summed E-state index contributed by atoms with van der Waals surface area (Å²) in [7, 11) is 0. The Labute approximate surface area is 865 Å². The fourth-order valence-electron chi connectivity index (χ4n) is 24.5. The monoisotopic (exact) mass is 1880 g/mol. The van der Waals surface area contributed by atoms with Crippen molar-refractivity contribution in [1.82, 2.24) is 0 Å². The van der Waals surface area contributed by atoms with E-state index in [1.54, 1.807) is 0 Å². The van der Waals surface area contributed by atoms with Crippen LogP contribution in [-0.4, -0.2) is 0 Å². The number of rotatable bonds is 18. The normalized spacial score (nSPS) is 12.8. The second kappa shape index (κ2) is 38.3. The summed E-state index contributed by atoms with van der Waals surface area (Å²) in [5.74, 6) is 0. The third-order valence-corrected chi connectivity index (χ3v) is 30.8. The minimum Gasteiger partial charge on any atom is -0.310 e. The van der Waals surface area contributed by atoms with Gasteiger partial charge in [0.2, 0.25) is 0 Å². The van der Waals surface area contributed by atoms with Crippen molar-refractivity contribution in [2.45, 2.75) is 16.2 Å². The van der Waals surface area contributed by atoms with Crippen LogP contribution in [0.15, 0.2) is 613 Å². The molecule has 3 nitrogen and oxygen atoms in total. The maximum atomic E-state index is 2.43. The highest BCUT2D eigenvalue weighted by atomic mass is 15.2. The highest BCUT2D eigenvalue weighted by Gasteiger charge is 2.51. The molecule has 0 saturated heterocycles. The van der Waals surface area contributed by atoms with Gasteiger partial charge in [-0.25, -0.2) is 0 Å². The first-order chi connectivity index (χ1) is 73.5. The zero-order valence-corrected chi connectivity index (χ0v) is 81.7. The lowest BCUT2D eigenvalue weighted by Crippen LogP contribution is -2.28. The SMILES string of the molecule is c1ccc(N(c2ccc(-c3cc4ccccc4c4ccccc34)cc2)c2cccc3c2-c2ccccc2C3(c2ccccc2)c2ccccc2)cc1.c1ccc(N(c2ccc(-c3ccc4ccccc4c3)cc2)c2cccc3c2-c2ccccc2C3(c2ccccc2)c2ccccc2)cc1.c1ccc(N(c2ccc(-c3cccc4ccccc34)cc2)c2cccc3c2-c2ccccc2C3(c2ccccc2)c2ccccc2)cc1. The summed E-state index contributed by atoms with van der Waals surface area (Å²) in [6.45, 7) is 0. The van der Waals surface area contributed by atoms with Crippen LogP contribution in [0.5, 0.6) is 0 Å². The molecule has 28 rings (SSSR count). The van der Waals surface area contributed by atoms with E-state index in [0.29, 0.717) is 0 Å². The third kappa shape index (κ3) is 15.1. The predicted octanol–water partition coefficient (Wildman–Crippen LogP) is 38.2. The van der Waals surface area contributed by atoms with Gasteiger partial charge in [-0.1, -0.05) is 510 Å². The molecule has 0 unspecified atom stereocenters. The number of anilines is 9. The first-order valence-electron chi connectivity index (χ1n) is 51.3. The molecule has 0 bridgehead atoms. The van der Waals surface area contributed by atoms with Crippen LogP contribution in [-0.2, 0) is 16.2 Å². The van der Waals surface area contributed by atoms with Crippen LogP contribution in [0.2, 0.25) is 0 Å². The first kappa shape index (κ1) is 89.1. The van der Waals surface area contributed by atoms with Crippen molar-refractivity contribution < 1.29 is 0 Å². The van der Waals surface area contributed by atoms with Gasteiger partial charge in [-0.2, -0.15) is 0 Å². The second-order valence-corrected chi connectivity index (χ2v) is 38.6. The smallest absolute Gasteiger partial charge is 0.0714 e. The molecule has 0 saturated carbocycles. The summed E-state index contributed by atoms with van der Waals surface area (Å²) < 4.78 is 0. The summed E-state index contributed by atoms with van der Waals surface area (Å²) >= 11 is 0. The van der Waals surface area contributed by atoms with Gasteiger partial charge in [0.05, 0.1) is 33.3 Å². The zero-order chi connectivity index (χ0) is 98.3. The third-order valence-electron chi connectivity index (χ3n) is 30.8. The minimum atomic E-state index is -0.464. The van der Waals surface area contributed by atoms with Crippen LogP contribution in [0.25, 0.3) is 110 Å². The number of hydrogen-bond acceptors (Lipinski definition) is 3. The molecule has 3 aliphatic rings. The van der Waals surface area contributed by atoms with Gasteiger partial charge in [0.25, 0.3) is 0 Å². The summed E-state index contributed by atoms with van der Waals surface area (Å²) in [6.07, 6.45) is 0. The predicted molar refractivity (Wildman–Crippen MR) is 622 cm³/mol. The number of hydrogen-bond donors (Lipinski definition) is 0. The molecule has 0 aromatic heterocycles. The quantitative estimate of drug-likeness (QED) is 0.0793. The molecule has 25 aromatic carbocycles. The molecule has 0 N–H and O–H groups in total. The highest BCUT2D eigenvalue weighted by molar-refractivity contribution is 6.14. The number of para-hydroxylation sites is 3. The topological polar surface area (TPSA) is 9.72 Å². The van der Waals surface area contributed by atoms with Crippen molar-refractivity contribution >= 4 is 94.3 Å². The fourth-order valence-corrected chi connectivity index (χ4v) is 24.5. The molecular weight excluding hydrogens is 1780 g/mol. The molecule has 3 heteroatoms. The Morgan fingerprint density at radius 1 is 0.122 bits per heavy atom. The van der Waals surface area contributed by atoms with Crippen molar-refractivity contribution in [2.75, 3.05) is 14.7 Å². The van der Waals surface area contributed by atoms with E-state index in [0.717, 1.165) is 45.5 Å². The minimum absolute atomic E-state index is 0.452. The van der Waals surface area contributed by atoms with Gasteiger partial charge < -0.3 is 14.7 Å². The molecule has 696 valence electrons. The van der Waals surface area contributed by atoms with Crippen LogP contribution >= 0.6 is 0 Å². The number of benzene rings is 25. The zero-order valence-electron chi connectivity index (χ0n) is 81.7. The van der Waals surface area contributed by atoms with Gasteiger partial charge in [0.15, 0.2) is 0 Å². The molecule has 0 heterocycles. The summed E-state index contributed by atoms with van der Waals surface area (Å²) in [6, 6.07) is 223. The van der Waals surface area contributed by atoms with Gasteiger partial charge in [-0.15, -0.1) is 0 Å². The second-order valence-electron chi connectivity index (χ2n) is 38.6. The van der Waals surface area contributed by atoms with E-state index in [4.69, 9.17) is 0 Å². The lowest BCUT2D eigenvalue weighted by Gasteiger charge is -2.34. The highest BCUT2D eigenvalue weighted by Crippen LogP contribution is 2.64. The van der Waals surface area contributed by atoms with Crippen LogP contribution in [0.1, 0.15) is 66.8 Å². The molecule has 25 aromatic rings. The van der Waals surface area contributed by atoms with Crippen molar-refractivity contribution in [3.63, 3.8) is 0 Å². The maximum Gasteiger partial charge on any atom is 0.0714 e. The Bertz CT molecular complexity index is 9030. The molecule has 0 fully saturated rings. The van der Waals surface area contributed by atoms with Crippen molar-refractivity contribution in [3.8, 4) is 66.8 Å². The molecule has 148 heavy (non-hydrogen) atoms. The standard InChI is InChI=1S/C51H35N.2C47H33N/c1-4-18-38(19-5-1)51(39-20-6-2-7-21-39)47-28-15-14-27-45(47)50-48(51)29-16-30-49(50)52(40-22-8-3-9-23-40)41-33-31-36(32-34-41)46-35-37-17-10-11-24-42(37)43-25-12-13-26-44(43)46;1-4-18-36(19-5-1)47(37-20-6-2-7-21-37)43-27-13-12-25-42(43)46-44(47)28-15-29-45(46)48(38-22-8-3-9-23-38)39-32-30-35(31-33-39)41-26-14-17-34-16-10-11-24-40(34)41;1-4-17-38(18-5-1)47(39-19-6-2-7-20-39)43-24-13-12-23-42(43)46-44(47)25-14-26-45(46)48(40-21-8-3-9-22-40)41-31-29-35(30-32-41)37-28-27-34-15-10-11-16-36(34)33-37/h1-35H;2*1-33H. The molecule has 3 aliphatic carbocycles. The molecule has 0 amide bonds. The molecule has 0 spiro atoms. The molecule has 0 atom stereocenters. The average Bonchev–Trinajstić information content (AvgIpc) is 1.54. The van der Waals surface area contributed by atoms with E-state index in [-0.39, 0.29) is 0 Å². The van der Waals surface area contributed by atoms with Crippen LogP contribution in [0.3, 0.4) is 0 Å². The molecular formula is C145H101N3. The summed E-state index contributed by atoms with van der Waals surface area (Å²) in [4.78, 5) is 7.28. The first-order valence-corrected chi connectivity index (χ1v) is 51.3. The summed E-state index contributed by atoms with van der Waals surface area (Å²) in [5, 5.41) is 10.1.